The second-order valence-electron chi connectivity index (χ2n) is 11.3. The second kappa shape index (κ2) is 13.8. The first-order valence-corrected chi connectivity index (χ1v) is 15.0. The van der Waals surface area contributed by atoms with Gasteiger partial charge in [0.2, 0.25) is 0 Å². The summed E-state index contributed by atoms with van der Waals surface area (Å²) in [5, 5.41) is 21.7. The summed E-state index contributed by atoms with van der Waals surface area (Å²) in [6.45, 7) is 0. The minimum absolute atomic E-state index is 0.0442. The fraction of sp³-hybridized carbons (Fsp3) is 0.0769. The molecule has 238 valence electrons. The molecule has 1 heterocycles. The van der Waals surface area contributed by atoms with Crippen LogP contribution in [0.1, 0.15) is 56.5 Å². The molecule has 0 aliphatic carbocycles. The lowest BCUT2D eigenvalue weighted by atomic mass is 9.75. The topological polar surface area (TPSA) is 79.9 Å². The first kappa shape index (κ1) is 32.0. The Morgan fingerprint density at radius 3 is 1.31 bits per heavy atom. The number of hydrogen-bond donors (Lipinski definition) is 1. The number of non-ortho nitro benzene ring substituents is 1. The number of pyridine rings is 1. The number of rotatable bonds is 10. The molecule has 0 aliphatic heterocycles. The summed E-state index contributed by atoms with van der Waals surface area (Å²) in [5.74, 6) is -3.47. The normalized spacial score (nSPS) is 11.2. The van der Waals surface area contributed by atoms with E-state index in [2.05, 4.69) is 4.98 Å². The average molecular weight is 646 g/mol. The monoisotopic (exact) mass is 645 g/mol. The fourth-order valence-corrected chi connectivity index (χ4v) is 6.06. The van der Waals surface area contributed by atoms with Crippen LogP contribution >= 0.6 is 0 Å². The number of hydrogen-bond acceptors (Lipinski definition) is 4. The van der Waals surface area contributed by atoms with E-state index in [-0.39, 0.29) is 17.8 Å². The highest BCUT2D eigenvalue weighted by Gasteiger charge is 2.30. The van der Waals surface area contributed by atoms with E-state index in [1.807, 2.05) is 0 Å². The zero-order chi connectivity index (χ0) is 33.8. The number of halogens is 4. The van der Waals surface area contributed by atoms with Crippen LogP contribution in [0.3, 0.4) is 0 Å². The maximum Gasteiger partial charge on any atom is 0.270 e. The molecule has 0 aliphatic rings. The smallest absolute Gasteiger partial charge is 0.270 e. The van der Waals surface area contributed by atoms with Crippen molar-refractivity contribution in [2.75, 3.05) is 0 Å². The van der Waals surface area contributed by atoms with Gasteiger partial charge in [0.1, 0.15) is 23.3 Å². The lowest BCUT2D eigenvalue weighted by Crippen LogP contribution is -2.17. The van der Waals surface area contributed by atoms with Crippen LogP contribution in [0.4, 0.5) is 23.2 Å². The number of aromatic nitrogens is 1. The van der Waals surface area contributed by atoms with Crippen molar-refractivity contribution in [2.45, 2.75) is 18.3 Å². The largest absolute Gasteiger partial charge is 0.303 e. The van der Waals surface area contributed by atoms with Gasteiger partial charge in [-0.05, 0) is 99.6 Å². The molecule has 48 heavy (non-hydrogen) atoms. The third kappa shape index (κ3) is 6.90. The van der Waals surface area contributed by atoms with Crippen molar-refractivity contribution in [1.82, 2.24) is 4.98 Å². The van der Waals surface area contributed by atoms with Gasteiger partial charge < -0.3 is 5.41 Å². The molecule has 5 aromatic carbocycles. The third-order valence-corrected chi connectivity index (χ3v) is 8.28. The van der Waals surface area contributed by atoms with Crippen LogP contribution in [0.25, 0.3) is 0 Å². The standard InChI is InChI=1S/C39H27F4N3O2/c40-28-12-4-24(5-13-28)38(25-6-14-29(41)15-7-25)34-21-32(46(47)48)22-35(33(34)23-36(44)37-3-1-2-20-45-37)39(26-8-16-30(42)17-9-26)27-10-18-31(43)19-11-27/h1-22,38-39,44H,23H2. The third-order valence-electron chi connectivity index (χ3n) is 8.28. The average Bonchev–Trinajstić information content (AvgIpc) is 3.09. The van der Waals surface area contributed by atoms with Gasteiger partial charge in [0.05, 0.1) is 16.3 Å². The zero-order valence-electron chi connectivity index (χ0n) is 25.3. The number of nitrogens with one attached hydrogen (secondary N) is 1. The molecule has 1 N–H and O–H groups in total. The summed E-state index contributed by atoms with van der Waals surface area (Å²) in [6, 6.07) is 30.7. The van der Waals surface area contributed by atoms with Gasteiger partial charge in [0, 0.05) is 36.6 Å². The lowest BCUT2D eigenvalue weighted by Gasteiger charge is -2.28. The molecular weight excluding hydrogens is 618 g/mol. The van der Waals surface area contributed by atoms with Crippen LogP contribution in [-0.4, -0.2) is 15.6 Å². The van der Waals surface area contributed by atoms with Crippen molar-refractivity contribution in [3.05, 3.63) is 212 Å². The van der Waals surface area contributed by atoms with Gasteiger partial charge in [-0.1, -0.05) is 54.6 Å². The maximum atomic E-state index is 14.2. The van der Waals surface area contributed by atoms with E-state index in [0.717, 1.165) is 0 Å². The van der Waals surface area contributed by atoms with Crippen molar-refractivity contribution in [2.24, 2.45) is 0 Å². The summed E-state index contributed by atoms with van der Waals surface area (Å²) >= 11 is 0. The van der Waals surface area contributed by atoms with E-state index < -0.39 is 40.0 Å². The highest BCUT2D eigenvalue weighted by molar-refractivity contribution is 5.98. The molecule has 0 bridgehead atoms. The Labute approximate surface area is 273 Å². The fourth-order valence-electron chi connectivity index (χ4n) is 6.06. The molecule has 0 spiro atoms. The van der Waals surface area contributed by atoms with Gasteiger partial charge >= 0.3 is 0 Å². The van der Waals surface area contributed by atoms with E-state index in [9.17, 15) is 27.7 Å². The Morgan fingerprint density at radius 1 is 0.625 bits per heavy atom. The van der Waals surface area contributed by atoms with Gasteiger partial charge in [-0.25, -0.2) is 17.6 Å². The molecule has 0 saturated carbocycles. The Balaban J connectivity index is 1.70. The summed E-state index contributed by atoms with van der Waals surface area (Å²) in [5.41, 5.74) is 3.87. The van der Waals surface area contributed by atoms with Gasteiger partial charge in [-0.2, -0.15) is 0 Å². The number of benzene rings is 5. The summed E-state index contributed by atoms with van der Waals surface area (Å²) in [7, 11) is 0. The predicted octanol–water partition coefficient (Wildman–Crippen LogP) is 9.52. The maximum absolute atomic E-state index is 14.2. The molecule has 9 heteroatoms. The van der Waals surface area contributed by atoms with Crippen LogP contribution in [-0.2, 0) is 6.42 Å². The van der Waals surface area contributed by atoms with Crippen molar-refractivity contribution < 1.29 is 22.5 Å². The van der Waals surface area contributed by atoms with Gasteiger partial charge in [-0.15, -0.1) is 0 Å². The number of nitro benzene ring substituents is 1. The molecule has 0 unspecified atom stereocenters. The van der Waals surface area contributed by atoms with Crippen molar-refractivity contribution in [1.29, 1.82) is 5.41 Å². The van der Waals surface area contributed by atoms with Crippen LogP contribution in [0.15, 0.2) is 134 Å². The molecule has 5 nitrogen and oxygen atoms in total. The molecule has 0 fully saturated rings. The quantitative estimate of drug-likeness (QED) is 0.0530. The number of nitro groups is 1. The molecular formula is C39H27F4N3O2. The molecule has 6 rings (SSSR count). The van der Waals surface area contributed by atoms with Crippen molar-refractivity contribution >= 4 is 11.4 Å². The molecule has 0 atom stereocenters. The minimum Gasteiger partial charge on any atom is -0.303 e. The SMILES string of the molecule is N=C(Cc1c(C(c2ccc(F)cc2)c2ccc(F)cc2)cc([N+](=O)[O-])cc1C(c1ccc(F)cc1)c1ccc(F)cc1)c1ccccn1. The van der Waals surface area contributed by atoms with Crippen LogP contribution in [0.2, 0.25) is 0 Å². The Kier molecular flexibility index (Phi) is 9.20. The Morgan fingerprint density at radius 2 is 1.00 bits per heavy atom. The van der Waals surface area contributed by atoms with Crippen LogP contribution in [0, 0.1) is 38.8 Å². The minimum atomic E-state index is -0.765. The Bertz CT molecular complexity index is 1860. The van der Waals surface area contributed by atoms with Crippen LogP contribution in [0.5, 0.6) is 0 Å². The summed E-state index contributed by atoms with van der Waals surface area (Å²) in [4.78, 5) is 16.4. The first-order chi connectivity index (χ1) is 23.2. The van der Waals surface area contributed by atoms with E-state index in [1.54, 1.807) is 72.9 Å². The van der Waals surface area contributed by atoms with E-state index in [4.69, 9.17) is 5.41 Å². The molecule has 0 amide bonds. The van der Waals surface area contributed by atoms with Crippen LogP contribution < -0.4 is 0 Å². The van der Waals surface area contributed by atoms with Crippen molar-refractivity contribution in [3.63, 3.8) is 0 Å². The van der Waals surface area contributed by atoms with E-state index in [1.165, 1.54) is 60.7 Å². The lowest BCUT2D eigenvalue weighted by molar-refractivity contribution is -0.385. The van der Waals surface area contributed by atoms with Gasteiger partial charge in [0.15, 0.2) is 0 Å². The molecule has 6 aromatic rings. The first-order valence-electron chi connectivity index (χ1n) is 15.0. The van der Waals surface area contributed by atoms with E-state index >= 15 is 0 Å². The molecule has 0 saturated heterocycles. The Hall–Kier alpha value is -5.96. The summed E-state index contributed by atoms with van der Waals surface area (Å²) in [6.07, 6.45) is 1.51. The summed E-state index contributed by atoms with van der Waals surface area (Å²) < 4.78 is 56.8. The zero-order valence-corrected chi connectivity index (χ0v) is 25.3. The van der Waals surface area contributed by atoms with E-state index in [0.29, 0.717) is 44.6 Å². The predicted molar refractivity (Wildman–Crippen MR) is 175 cm³/mol. The van der Waals surface area contributed by atoms with Gasteiger partial charge in [-0.3, -0.25) is 15.1 Å². The second-order valence-corrected chi connectivity index (χ2v) is 11.3. The number of nitrogens with zero attached hydrogens (tertiary/aromatic N) is 2. The van der Waals surface area contributed by atoms with Gasteiger partial charge in [0.25, 0.3) is 5.69 Å². The molecule has 1 aromatic heterocycles. The molecule has 0 radical (unpaired) electrons. The highest BCUT2D eigenvalue weighted by Crippen LogP contribution is 2.43. The highest BCUT2D eigenvalue weighted by atomic mass is 19.1. The van der Waals surface area contributed by atoms with Crippen molar-refractivity contribution in [3.8, 4) is 0 Å².